The SMILES string of the molecule is C1=Cc2nc1c(-c1ccccc1)c1nc(c(-c3ccccc3)c3ccc([nH]3)c(-c3ccccc3)c3ccc([nH]3)c2-c2ccccc2)C=C1.C1CCOC1.C1CCOC1.C1CCOC1.C1CCOC1.N#CC([S-])=C([S-])C#N.N#CC([S-])=C([S-])C#N.[Cu].[Fe+3].c1c[nH]cn1.c1c[nH]cn1. The molecule has 8 bridgehead atoms. The van der Waals surface area contributed by atoms with E-state index in [9.17, 15) is 0 Å². The van der Waals surface area contributed by atoms with Crippen molar-refractivity contribution in [3.8, 4) is 68.8 Å². The number of nitriles is 4. The van der Waals surface area contributed by atoms with E-state index >= 15 is 0 Å². The van der Waals surface area contributed by atoms with Gasteiger partial charge < -0.3 is 89.4 Å². The molecule has 4 aromatic carbocycles. The van der Waals surface area contributed by atoms with Crippen LogP contribution < -0.4 is 0 Å². The van der Waals surface area contributed by atoms with Crippen molar-refractivity contribution < 1.29 is 53.1 Å². The quantitative estimate of drug-likeness (QED) is 0.0727. The number of H-pyrrole nitrogens is 4. The van der Waals surface area contributed by atoms with E-state index in [1.165, 1.54) is 51.4 Å². The Balaban J connectivity index is 0.000000276. The van der Waals surface area contributed by atoms with Crippen LogP contribution in [0.4, 0.5) is 0 Å². The van der Waals surface area contributed by atoms with Gasteiger partial charge in [0.1, 0.15) is 0 Å². The van der Waals surface area contributed by atoms with Gasteiger partial charge in [-0.3, -0.25) is 0 Å². The largest absolute Gasteiger partial charge is 3.00 e. The average molecular weight is 1440 g/mol. The maximum Gasteiger partial charge on any atom is 3.00 e. The van der Waals surface area contributed by atoms with Gasteiger partial charge in [-0.05, 0) is 122 Å². The van der Waals surface area contributed by atoms with Crippen molar-refractivity contribution in [1.82, 2.24) is 39.9 Å². The molecule has 2 radical (unpaired) electrons. The molecule has 11 heterocycles. The Morgan fingerprint density at radius 2 is 0.583 bits per heavy atom. The molecule has 0 unspecified atom stereocenters. The Labute approximate surface area is 604 Å². The number of rotatable bonds is 4. The van der Waals surface area contributed by atoms with E-state index in [2.05, 4.69) is 232 Å². The van der Waals surface area contributed by atoms with Crippen LogP contribution in [0.25, 0.3) is 90.9 Å². The molecular formula is C74H70CuFeN12O4S4-. The van der Waals surface area contributed by atoms with E-state index in [1.54, 1.807) is 61.7 Å². The Bertz CT molecular complexity index is 3850. The van der Waals surface area contributed by atoms with Gasteiger partial charge in [0.05, 0.1) is 59.7 Å². The predicted molar refractivity (Wildman–Crippen MR) is 384 cm³/mol. The first kappa shape index (κ1) is 77.8. The number of fused-ring (bicyclic) bond motifs is 8. The molecule has 6 aliphatic heterocycles. The predicted octanol–water partition coefficient (Wildman–Crippen LogP) is 16.0. The molecule has 0 saturated carbocycles. The zero-order valence-corrected chi connectivity index (χ0v) is 57.8. The van der Waals surface area contributed by atoms with E-state index in [4.69, 9.17) is 50.0 Å². The van der Waals surface area contributed by atoms with Crippen LogP contribution in [0, 0.1) is 45.3 Å². The van der Waals surface area contributed by atoms with Crippen molar-refractivity contribution in [3.05, 3.63) is 225 Å². The van der Waals surface area contributed by atoms with E-state index in [1.807, 2.05) is 18.2 Å². The van der Waals surface area contributed by atoms with Gasteiger partial charge in [-0.25, -0.2) is 19.9 Å². The molecular weight excluding hydrogens is 1370 g/mol. The zero-order chi connectivity index (χ0) is 66.2. The Kier molecular flexibility index (Phi) is 36.9. The molecule has 22 heteroatoms. The Morgan fingerprint density at radius 1 is 0.344 bits per heavy atom. The number of nitrogens with one attached hydrogen (secondary N) is 4. The summed E-state index contributed by atoms with van der Waals surface area (Å²) in [6.07, 6.45) is 28.9. The number of allylic oxidation sites excluding steroid dienone is 4. The first-order valence-electron chi connectivity index (χ1n) is 30.6. The van der Waals surface area contributed by atoms with Gasteiger partial charge in [0.15, 0.2) is 0 Å². The van der Waals surface area contributed by atoms with Crippen LogP contribution in [-0.2, 0) is 104 Å². The number of ether oxygens (including phenoxy) is 4. The summed E-state index contributed by atoms with van der Waals surface area (Å²) in [7, 11) is 0. The summed E-state index contributed by atoms with van der Waals surface area (Å²) in [5.41, 5.74) is 16.2. The van der Waals surface area contributed by atoms with Gasteiger partial charge in [0.2, 0.25) is 0 Å². The van der Waals surface area contributed by atoms with Gasteiger partial charge in [0, 0.05) is 139 Å². The summed E-state index contributed by atoms with van der Waals surface area (Å²) in [6, 6.07) is 57.0. The van der Waals surface area contributed by atoms with E-state index in [-0.39, 0.29) is 53.8 Å². The minimum absolute atomic E-state index is 0. The maximum absolute atomic E-state index is 8.01. The average Bonchev–Trinajstić information content (AvgIpc) is 1.61. The topological polar surface area (TPSA) is 247 Å². The van der Waals surface area contributed by atoms with Crippen molar-refractivity contribution in [2.24, 2.45) is 0 Å². The molecule has 4 saturated heterocycles. The number of hydrogen-bond acceptors (Lipinski definition) is 16. The van der Waals surface area contributed by atoms with Crippen molar-refractivity contribution in [2.75, 3.05) is 52.9 Å². The van der Waals surface area contributed by atoms with Gasteiger partial charge >= 0.3 is 17.1 Å². The molecule has 5 aromatic heterocycles. The summed E-state index contributed by atoms with van der Waals surface area (Å²) in [6.45, 7) is 8.00. The molecule has 6 aliphatic rings. The number of imidazole rings is 2. The molecule has 4 N–H and O–H groups in total. The van der Waals surface area contributed by atoms with Crippen LogP contribution in [0.3, 0.4) is 0 Å². The minimum Gasteiger partial charge on any atom is -0.770 e. The van der Waals surface area contributed by atoms with Crippen LogP contribution in [-0.4, -0.2) is 92.7 Å². The smallest absolute Gasteiger partial charge is 0.770 e. The summed E-state index contributed by atoms with van der Waals surface area (Å²) >= 11 is 17.4. The van der Waals surface area contributed by atoms with Crippen LogP contribution in [0.2, 0.25) is 0 Å². The normalized spacial score (nSPS) is 13.6. The van der Waals surface area contributed by atoms with Gasteiger partial charge in [-0.15, -0.1) is 19.6 Å². The fourth-order valence-electron chi connectivity index (χ4n) is 9.51. The first-order chi connectivity index (χ1) is 46.2. The van der Waals surface area contributed by atoms with Crippen LogP contribution in [0.5, 0.6) is 0 Å². The third-order valence-corrected chi connectivity index (χ3v) is 15.4. The molecule has 0 atom stereocenters. The van der Waals surface area contributed by atoms with Crippen LogP contribution in [0.1, 0.15) is 74.1 Å². The number of benzene rings is 4. The second-order valence-corrected chi connectivity index (χ2v) is 22.2. The third kappa shape index (κ3) is 25.7. The molecule has 0 amide bonds. The number of hydrogen-bond donors (Lipinski definition) is 4. The molecule has 494 valence electrons. The summed E-state index contributed by atoms with van der Waals surface area (Å²) in [4.78, 5) is 30.7. The fourth-order valence-corrected chi connectivity index (χ4v) is 9.70. The van der Waals surface area contributed by atoms with Gasteiger partial charge in [-0.2, -0.15) is 21.0 Å². The summed E-state index contributed by atoms with van der Waals surface area (Å²) in [5.74, 6) is 0. The molecule has 15 rings (SSSR count). The monoisotopic (exact) mass is 1440 g/mol. The zero-order valence-electron chi connectivity index (χ0n) is 52.4. The second-order valence-electron chi connectivity index (χ2n) is 20.5. The molecule has 9 aromatic rings. The standard InChI is InChI=1S/C44H30N4.2C4H2N2S2.4C4H8O.2C3H4N2.Cu.Fe/c1-5-13-29(14-6-1)41-33-21-23-35(45-33)42(30-15-7-2-8-16-30)37-25-27-39(47-37)44(32-19-11-4-12-20-32)40-28-26-38(48-40)43(31-17-9-3-10-18-31)36-24-22-34(41)46-36;2*5-1-3(7)4(8)2-6;4*1-2-4-5-3-1;2*1-2-5-3-4-1;;/h1-28,45-46H;2*7-8H;4*1-4H2;2*1-3H,(H,4,5);;/q;;;;;;;;;;+3/p-4. The van der Waals surface area contributed by atoms with Crippen LogP contribution >= 0.6 is 0 Å². The Hall–Kier alpha value is -8.90. The minimum atomic E-state index is -0.109. The van der Waals surface area contributed by atoms with Gasteiger partial charge in [-0.1, -0.05) is 121 Å². The number of aromatic amines is 4. The van der Waals surface area contributed by atoms with E-state index < -0.39 is 0 Å². The van der Waals surface area contributed by atoms with Gasteiger partial charge in [0.25, 0.3) is 0 Å². The molecule has 0 spiro atoms. The van der Waals surface area contributed by atoms with Crippen molar-refractivity contribution in [2.45, 2.75) is 51.4 Å². The van der Waals surface area contributed by atoms with Crippen molar-refractivity contribution >= 4 is 96.9 Å². The number of nitrogens with zero attached hydrogens (tertiary/aromatic N) is 8. The second kappa shape index (κ2) is 45.5. The van der Waals surface area contributed by atoms with Crippen LogP contribution in [0.15, 0.2) is 203 Å². The molecule has 0 aliphatic carbocycles. The van der Waals surface area contributed by atoms with E-state index in [0.717, 1.165) is 142 Å². The summed E-state index contributed by atoms with van der Waals surface area (Å²) < 4.78 is 19.8. The number of aromatic nitrogens is 8. The maximum atomic E-state index is 8.01. The van der Waals surface area contributed by atoms with Crippen molar-refractivity contribution in [3.63, 3.8) is 0 Å². The third-order valence-electron chi connectivity index (χ3n) is 13.9. The summed E-state index contributed by atoms with van der Waals surface area (Å²) in [5, 5.41) is 32.0. The first-order valence-corrected chi connectivity index (χ1v) is 32.2. The Morgan fingerprint density at radius 3 is 0.792 bits per heavy atom. The molecule has 16 nitrogen and oxygen atoms in total. The molecule has 96 heavy (non-hydrogen) atoms. The molecule has 4 fully saturated rings. The van der Waals surface area contributed by atoms with Crippen molar-refractivity contribution in [1.29, 1.82) is 21.0 Å². The van der Waals surface area contributed by atoms with E-state index in [0.29, 0.717) is 0 Å². The fraction of sp³-hybridized carbons (Fsp3) is 0.216.